The molecule has 0 aliphatic heterocycles. The van der Waals surface area contributed by atoms with Crippen LogP contribution in [-0.2, 0) is 0 Å². The summed E-state index contributed by atoms with van der Waals surface area (Å²) in [5, 5.41) is 9.03. The molecule has 0 spiro atoms. The molecule has 0 bridgehead atoms. The lowest BCUT2D eigenvalue weighted by Crippen LogP contribution is -3.00. The Labute approximate surface area is 172 Å². The maximum atomic E-state index is 9.03. The number of aliphatic hydroxyl groups excluding tert-OH is 1. The van der Waals surface area contributed by atoms with Crippen LogP contribution >= 0.6 is 0 Å². The number of halogens is 1. The summed E-state index contributed by atoms with van der Waals surface area (Å²) in [6, 6.07) is 0. The van der Waals surface area contributed by atoms with Gasteiger partial charge in [0.15, 0.2) is 0 Å². The highest BCUT2D eigenvalue weighted by Gasteiger charge is 2.12. The molecule has 0 heterocycles. The van der Waals surface area contributed by atoms with Gasteiger partial charge in [-0.05, 0) is 12.8 Å². The molecule has 0 unspecified atom stereocenters. The number of hydrogen-bond donors (Lipinski definition) is 1. The fraction of sp³-hybridized carbons (Fsp3) is 1.00. The topological polar surface area (TPSA) is 20.2 Å². The Morgan fingerprint density at radius 3 is 1.12 bits per heavy atom. The molecular weight excluding hydrogens is 342 g/mol. The van der Waals surface area contributed by atoms with Gasteiger partial charge in [0.25, 0.3) is 0 Å². The van der Waals surface area contributed by atoms with Crippen molar-refractivity contribution in [2.75, 3.05) is 33.8 Å². The van der Waals surface area contributed by atoms with Gasteiger partial charge >= 0.3 is 0 Å². The predicted octanol–water partition coefficient (Wildman–Crippen LogP) is 3.71. The minimum Gasteiger partial charge on any atom is -1.00 e. The van der Waals surface area contributed by atoms with Crippen LogP contribution in [0.5, 0.6) is 0 Å². The van der Waals surface area contributed by atoms with E-state index in [1.165, 1.54) is 116 Å². The average molecular weight is 392 g/mol. The van der Waals surface area contributed by atoms with Crippen molar-refractivity contribution >= 4 is 0 Å². The fourth-order valence-corrected chi connectivity index (χ4v) is 3.65. The van der Waals surface area contributed by atoms with E-state index in [9.17, 15) is 0 Å². The molecule has 0 aromatic heterocycles. The van der Waals surface area contributed by atoms with E-state index in [-0.39, 0.29) is 12.4 Å². The molecule has 0 aliphatic rings. The van der Waals surface area contributed by atoms with Crippen molar-refractivity contribution in [2.24, 2.45) is 0 Å². The third-order valence-corrected chi connectivity index (χ3v) is 5.57. The first-order valence-corrected chi connectivity index (χ1v) is 11.6. The summed E-state index contributed by atoms with van der Waals surface area (Å²) in [6.07, 6.45) is 24.4. The fourth-order valence-electron chi connectivity index (χ4n) is 3.65. The second kappa shape index (κ2) is 21.5. The number of likely N-dealkylation sites (N-methyl/N-ethyl adjacent to an activating group) is 1. The zero-order valence-electron chi connectivity index (χ0n) is 18.4. The van der Waals surface area contributed by atoms with Crippen LogP contribution in [0.3, 0.4) is 0 Å². The summed E-state index contributed by atoms with van der Waals surface area (Å²) < 4.78 is 0.968. The first-order valence-electron chi connectivity index (χ1n) is 11.6. The summed E-state index contributed by atoms with van der Waals surface area (Å²) in [4.78, 5) is 0. The van der Waals surface area contributed by atoms with Crippen LogP contribution < -0.4 is 12.4 Å². The Kier molecular flexibility index (Phi) is 23.5. The minimum atomic E-state index is 0. The van der Waals surface area contributed by atoms with Crippen LogP contribution in [0.1, 0.15) is 116 Å². The smallest absolute Gasteiger partial charge is 0.102 e. The summed E-state index contributed by atoms with van der Waals surface area (Å²) in [6.45, 7) is 4.70. The first kappa shape index (κ1) is 28.4. The zero-order valence-corrected chi connectivity index (χ0v) is 19.2. The molecule has 160 valence electrons. The van der Waals surface area contributed by atoms with Crippen LogP contribution in [0.25, 0.3) is 0 Å². The standard InChI is InChI=1S/C23H50NO.ClH/c1-4-5-6-7-8-9-10-11-12-13-14-15-16-17-18-19-20-21-24(2,3)22-23-25;/h25H,4-23H2,1-3H3;1H/q+1;/p-1. The van der Waals surface area contributed by atoms with E-state index in [0.29, 0.717) is 6.61 Å². The van der Waals surface area contributed by atoms with Crippen molar-refractivity contribution in [3.63, 3.8) is 0 Å². The number of rotatable bonds is 20. The monoisotopic (exact) mass is 391 g/mol. The van der Waals surface area contributed by atoms with E-state index in [4.69, 9.17) is 5.11 Å². The molecule has 0 aliphatic carbocycles. The number of hydrogen-bond acceptors (Lipinski definition) is 1. The summed E-state index contributed by atoms with van der Waals surface area (Å²) >= 11 is 0. The van der Waals surface area contributed by atoms with Crippen molar-refractivity contribution in [3.8, 4) is 0 Å². The van der Waals surface area contributed by atoms with Gasteiger partial charge in [-0.15, -0.1) is 0 Å². The molecule has 0 amide bonds. The average Bonchev–Trinajstić information content (AvgIpc) is 2.57. The molecule has 0 saturated heterocycles. The highest BCUT2D eigenvalue weighted by molar-refractivity contribution is 4.50. The van der Waals surface area contributed by atoms with Crippen molar-refractivity contribution < 1.29 is 22.0 Å². The van der Waals surface area contributed by atoms with Crippen molar-refractivity contribution in [3.05, 3.63) is 0 Å². The maximum absolute atomic E-state index is 9.03. The van der Waals surface area contributed by atoms with Gasteiger partial charge in [-0.2, -0.15) is 0 Å². The van der Waals surface area contributed by atoms with Crippen molar-refractivity contribution in [1.82, 2.24) is 0 Å². The second-order valence-electron chi connectivity index (χ2n) is 8.76. The Morgan fingerprint density at radius 2 is 0.808 bits per heavy atom. The second-order valence-corrected chi connectivity index (χ2v) is 8.76. The van der Waals surface area contributed by atoms with E-state index in [2.05, 4.69) is 21.0 Å². The molecule has 2 nitrogen and oxygen atoms in total. The minimum absolute atomic E-state index is 0. The van der Waals surface area contributed by atoms with Gasteiger partial charge in [0.1, 0.15) is 6.54 Å². The highest BCUT2D eigenvalue weighted by Crippen LogP contribution is 2.14. The third kappa shape index (κ3) is 22.3. The summed E-state index contributed by atoms with van der Waals surface area (Å²) in [5.41, 5.74) is 0. The van der Waals surface area contributed by atoms with Gasteiger partial charge in [-0.3, -0.25) is 0 Å². The number of unbranched alkanes of at least 4 members (excludes halogenated alkanes) is 16. The molecular formula is C23H50ClNO. The van der Waals surface area contributed by atoms with E-state index >= 15 is 0 Å². The van der Waals surface area contributed by atoms with Crippen LogP contribution in [0, 0.1) is 0 Å². The van der Waals surface area contributed by atoms with Gasteiger partial charge < -0.3 is 22.0 Å². The molecule has 0 aromatic carbocycles. The van der Waals surface area contributed by atoms with Gasteiger partial charge in [0.05, 0.1) is 27.2 Å². The Hall–Kier alpha value is 0.210. The normalized spacial score (nSPS) is 11.5. The number of aliphatic hydroxyl groups is 1. The molecule has 0 radical (unpaired) electrons. The zero-order chi connectivity index (χ0) is 18.6. The van der Waals surface area contributed by atoms with E-state index in [1.54, 1.807) is 0 Å². The number of quaternary nitrogens is 1. The van der Waals surface area contributed by atoms with Crippen LogP contribution in [0.4, 0.5) is 0 Å². The van der Waals surface area contributed by atoms with Gasteiger partial charge in [-0.1, -0.05) is 103 Å². The Balaban J connectivity index is 0. The molecule has 0 rings (SSSR count). The molecule has 0 saturated carbocycles. The maximum Gasteiger partial charge on any atom is 0.102 e. The molecule has 3 heteroatoms. The van der Waals surface area contributed by atoms with Gasteiger partial charge in [0.2, 0.25) is 0 Å². The van der Waals surface area contributed by atoms with Crippen LogP contribution in [-0.4, -0.2) is 43.4 Å². The van der Waals surface area contributed by atoms with E-state index in [0.717, 1.165) is 11.0 Å². The lowest BCUT2D eigenvalue weighted by molar-refractivity contribution is -0.890. The predicted molar refractivity (Wildman–Crippen MR) is 113 cm³/mol. The van der Waals surface area contributed by atoms with Crippen LogP contribution in [0.15, 0.2) is 0 Å². The summed E-state index contributed by atoms with van der Waals surface area (Å²) in [7, 11) is 4.45. The molecule has 26 heavy (non-hydrogen) atoms. The van der Waals surface area contributed by atoms with Crippen molar-refractivity contribution in [1.29, 1.82) is 0 Å². The lowest BCUT2D eigenvalue weighted by atomic mass is 10.0. The van der Waals surface area contributed by atoms with Crippen LogP contribution in [0.2, 0.25) is 0 Å². The van der Waals surface area contributed by atoms with E-state index < -0.39 is 0 Å². The molecule has 0 fully saturated rings. The number of nitrogens with zero attached hydrogens (tertiary/aromatic N) is 1. The van der Waals surface area contributed by atoms with Crippen molar-refractivity contribution in [2.45, 2.75) is 116 Å². The first-order chi connectivity index (χ1) is 12.1. The molecule has 1 N–H and O–H groups in total. The lowest BCUT2D eigenvalue weighted by Gasteiger charge is -2.28. The van der Waals surface area contributed by atoms with Gasteiger partial charge in [-0.25, -0.2) is 0 Å². The highest BCUT2D eigenvalue weighted by atomic mass is 35.5. The molecule has 0 atom stereocenters. The third-order valence-electron chi connectivity index (χ3n) is 5.57. The Morgan fingerprint density at radius 1 is 0.500 bits per heavy atom. The molecule has 0 aromatic rings. The van der Waals surface area contributed by atoms with Gasteiger partial charge in [0, 0.05) is 0 Å². The largest absolute Gasteiger partial charge is 1.00 e. The quantitative estimate of drug-likeness (QED) is 0.248. The SMILES string of the molecule is CCCCCCCCCCCCCCCCCCC[N+](C)(C)CCO.[Cl-]. The van der Waals surface area contributed by atoms with E-state index in [1.807, 2.05) is 0 Å². The summed E-state index contributed by atoms with van der Waals surface area (Å²) in [5.74, 6) is 0. The Bertz CT molecular complexity index is 259.